The third kappa shape index (κ3) is 4.51. The molecular weight excluding hydrogens is 315 g/mol. The Morgan fingerprint density at radius 3 is 2.67 bits per heavy atom. The van der Waals surface area contributed by atoms with Crippen molar-refractivity contribution >= 4 is 17.7 Å². The molecule has 0 atom stereocenters. The fourth-order valence-electron chi connectivity index (χ4n) is 1.76. The lowest BCUT2D eigenvalue weighted by atomic mass is 10.2. The molecule has 1 aromatic carbocycles. The van der Waals surface area contributed by atoms with E-state index >= 15 is 0 Å². The first kappa shape index (κ1) is 17.4. The van der Waals surface area contributed by atoms with Crippen molar-refractivity contribution in [2.24, 2.45) is 0 Å². The summed E-state index contributed by atoms with van der Waals surface area (Å²) in [4.78, 5) is 25.9. The zero-order chi connectivity index (χ0) is 17.7. The van der Waals surface area contributed by atoms with Crippen molar-refractivity contribution < 1.29 is 13.9 Å². The van der Waals surface area contributed by atoms with E-state index in [-0.39, 0.29) is 18.4 Å². The number of aryl methyl sites for hydroxylation is 1. The highest BCUT2D eigenvalue weighted by molar-refractivity contribution is 5.89. The summed E-state index contributed by atoms with van der Waals surface area (Å²) in [5.41, 5.74) is 0.868. The van der Waals surface area contributed by atoms with Gasteiger partial charge in [0.1, 0.15) is 5.82 Å². The minimum Gasteiger partial charge on any atom is -0.467 e. The first-order valence-electron chi connectivity index (χ1n) is 7.16. The van der Waals surface area contributed by atoms with Crippen LogP contribution >= 0.6 is 0 Å². The van der Waals surface area contributed by atoms with Gasteiger partial charge in [0.2, 0.25) is 5.95 Å². The van der Waals surface area contributed by atoms with Gasteiger partial charge in [0.15, 0.2) is 5.82 Å². The molecule has 0 bridgehead atoms. The molecule has 9 heteroatoms. The molecule has 0 aliphatic rings. The third-order valence-electron chi connectivity index (χ3n) is 3.07. The standard InChI is InChI=1S/C15H19FN6O2/c1-9-5-6-10(7-11(9)16)18-14(23)17-8-12-19-13(22(2)3)21-15(20-12)24-4/h5-7H,8H2,1-4H3,(H2,17,18,23). The zero-order valence-electron chi connectivity index (χ0n) is 13.9. The molecule has 2 aromatic rings. The van der Waals surface area contributed by atoms with Gasteiger partial charge in [-0.05, 0) is 24.6 Å². The quantitative estimate of drug-likeness (QED) is 0.865. The van der Waals surface area contributed by atoms with Gasteiger partial charge in [-0.3, -0.25) is 0 Å². The molecule has 0 fully saturated rings. The molecule has 0 aliphatic carbocycles. The summed E-state index contributed by atoms with van der Waals surface area (Å²) in [6.45, 7) is 1.72. The summed E-state index contributed by atoms with van der Waals surface area (Å²) in [5, 5.41) is 5.14. The van der Waals surface area contributed by atoms with Gasteiger partial charge in [-0.1, -0.05) is 6.07 Å². The van der Waals surface area contributed by atoms with Crippen LogP contribution in [0.4, 0.5) is 20.8 Å². The van der Waals surface area contributed by atoms with Crippen molar-refractivity contribution in [1.82, 2.24) is 20.3 Å². The minimum atomic E-state index is -0.496. The van der Waals surface area contributed by atoms with Gasteiger partial charge >= 0.3 is 12.0 Å². The largest absolute Gasteiger partial charge is 0.467 e. The van der Waals surface area contributed by atoms with Crippen molar-refractivity contribution in [2.75, 3.05) is 31.4 Å². The lowest BCUT2D eigenvalue weighted by molar-refractivity contribution is 0.251. The maximum atomic E-state index is 13.5. The van der Waals surface area contributed by atoms with Gasteiger partial charge in [0.05, 0.1) is 13.7 Å². The summed E-state index contributed by atoms with van der Waals surface area (Å²) in [6, 6.07) is 4.13. The van der Waals surface area contributed by atoms with E-state index in [9.17, 15) is 9.18 Å². The Morgan fingerprint density at radius 2 is 2.04 bits per heavy atom. The van der Waals surface area contributed by atoms with Gasteiger partial charge in [0, 0.05) is 19.8 Å². The monoisotopic (exact) mass is 334 g/mol. The maximum absolute atomic E-state index is 13.5. The zero-order valence-corrected chi connectivity index (χ0v) is 13.9. The van der Waals surface area contributed by atoms with Gasteiger partial charge < -0.3 is 20.3 Å². The Labute approximate surface area is 139 Å². The maximum Gasteiger partial charge on any atom is 0.321 e. The highest BCUT2D eigenvalue weighted by atomic mass is 19.1. The average Bonchev–Trinajstić information content (AvgIpc) is 2.56. The second kappa shape index (κ2) is 7.53. The molecule has 2 amide bonds. The number of methoxy groups -OCH3 is 1. The molecule has 2 rings (SSSR count). The third-order valence-corrected chi connectivity index (χ3v) is 3.07. The highest BCUT2D eigenvalue weighted by Crippen LogP contribution is 2.13. The number of benzene rings is 1. The molecule has 0 unspecified atom stereocenters. The van der Waals surface area contributed by atoms with E-state index in [1.54, 1.807) is 38.1 Å². The molecular formula is C15H19FN6O2. The predicted molar refractivity (Wildman–Crippen MR) is 87.7 cm³/mol. The first-order chi connectivity index (χ1) is 11.4. The number of aromatic nitrogens is 3. The molecule has 128 valence electrons. The molecule has 1 aromatic heterocycles. The number of carbonyl (C=O) groups excluding carboxylic acids is 1. The van der Waals surface area contributed by atoms with E-state index in [0.717, 1.165) is 0 Å². The highest BCUT2D eigenvalue weighted by Gasteiger charge is 2.10. The van der Waals surface area contributed by atoms with Crippen LogP contribution in [0.5, 0.6) is 6.01 Å². The minimum absolute atomic E-state index is 0.0693. The van der Waals surface area contributed by atoms with Crippen LogP contribution in [0.1, 0.15) is 11.4 Å². The van der Waals surface area contributed by atoms with E-state index in [0.29, 0.717) is 23.0 Å². The molecule has 0 saturated heterocycles. The number of halogens is 1. The normalized spacial score (nSPS) is 10.2. The first-order valence-corrected chi connectivity index (χ1v) is 7.16. The van der Waals surface area contributed by atoms with Crippen LogP contribution in [0.3, 0.4) is 0 Å². The Morgan fingerprint density at radius 1 is 1.29 bits per heavy atom. The van der Waals surface area contributed by atoms with Crippen molar-refractivity contribution in [3.8, 4) is 6.01 Å². The Bertz CT molecular complexity index is 738. The fraction of sp³-hybridized carbons (Fsp3) is 0.333. The van der Waals surface area contributed by atoms with Crippen LogP contribution < -0.4 is 20.3 Å². The van der Waals surface area contributed by atoms with Crippen LogP contribution in [-0.2, 0) is 6.54 Å². The number of nitrogens with zero attached hydrogens (tertiary/aromatic N) is 4. The molecule has 2 N–H and O–H groups in total. The number of nitrogens with one attached hydrogen (secondary N) is 2. The van der Waals surface area contributed by atoms with Crippen molar-refractivity contribution in [2.45, 2.75) is 13.5 Å². The summed E-state index contributed by atoms with van der Waals surface area (Å²) in [5.74, 6) is 0.376. The fourth-order valence-corrected chi connectivity index (χ4v) is 1.76. The summed E-state index contributed by atoms with van der Waals surface area (Å²) in [6.07, 6.45) is 0. The lowest BCUT2D eigenvalue weighted by Gasteiger charge is -2.12. The van der Waals surface area contributed by atoms with E-state index in [4.69, 9.17) is 4.74 Å². The number of amides is 2. The predicted octanol–water partition coefficient (Wildman–Crippen LogP) is 1.72. The van der Waals surface area contributed by atoms with Crippen LogP contribution in [0.25, 0.3) is 0 Å². The number of carbonyl (C=O) groups is 1. The van der Waals surface area contributed by atoms with E-state index in [1.807, 2.05) is 0 Å². The van der Waals surface area contributed by atoms with Gasteiger partial charge in [0.25, 0.3) is 0 Å². The SMILES string of the molecule is COc1nc(CNC(=O)Nc2ccc(C)c(F)c2)nc(N(C)C)n1. The van der Waals surface area contributed by atoms with Gasteiger partial charge in [-0.15, -0.1) is 0 Å². The van der Waals surface area contributed by atoms with E-state index in [1.165, 1.54) is 13.2 Å². The second-order valence-electron chi connectivity index (χ2n) is 5.20. The van der Waals surface area contributed by atoms with Gasteiger partial charge in [-0.25, -0.2) is 9.18 Å². The second-order valence-corrected chi connectivity index (χ2v) is 5.20. The van der Waals surface area contributed by atoms with Crippen molar-refractivity contribution in [1.29, 1.82) is 0 Å². The molecule has 1 heterocycles. The number of hydrogen-bond acceptors (Lipinski definition) is 6. The number of anilines is 2. The molecule has 8 nitrogen and oxygen atoms in total. The van der Waals surface area contributed by atoms with E-state index < -0.39 is 6.03 Å². The molecule has 0 saturated carbocycles. The topological polar surface area (TPSA) is 92.3 Å². The molecule has 24 heavy (non-hydrogen) atoms. The number of urea groups is 1. The Hall–Kier alpha value is -2.97. The van der Waals surface area contributed by atoms with Gasteiger partial charge in [-0.2, -0.15) is 15.0 Å². The van der Waals surface area contributed by atoms with Crippen LogP contribution in [0, 0.1) is 12.7 Å². The average molecular weight is 334 g/mol. The Balaban J connectivity index is 2.00. The Kier molecular flexibility index (Phi) is 5.46. The number of hydrogen-bond donors (Lipinski definition) is 2. The molecule has 0 radical (unpaired) electrons. The smallest absolute Gasteiger partial charge is 0.321 e. The van der Waals surface area contributed by atoms with Crippen molar-refractivity contribution in [3.05, 3.63) is 35.4 Å². The van der Waals surface area contributed by atoms with Crippen LogP contribution in [0.2, 0.25) is 0 Å². The number of rotatable bonds is 5. The summed E-state index contributed by atoms with van der Waals surface area (Å²) >= 11 is 0. The summed E-state index contributed by atoms with van der Waals surface area (Å²) in [7, 11) is 5.01. The van der Waals surface area contributed by atoms with E-state index in [2.05, 4.69) is 25.6 Å². The molecule has 0 aliphatic heterocycles. The van der Waals surface area contributed by atoms with Crippen molar-refractivity contribution in [3.63, 3.8) is 0 Å². The lowest BCUT2D eigenvalue weighted by Crippen LogP contribution is -2.29. The van der Waals surface area contributed by atoms with Crippen LogP contribution in [0.15, 0.2) is 18.2 Å². The van der Waals surface area contributed by atoms with Crippen LogP contribution in [-0.4, -0.2) is 42.2 Å². The number of ether oxygens (including phenoxy) is 1. The summed E-state index contributed by atoms with van der Waals surface area (Å²) < 4.78 is 18.5. The molecule has 0 spiro atoms.